The van der Waals surface area contributed by atoms with Gasteiger partial charge in [0, 0.05) is 25.9 Å². The Bertz CT molecular complexity index is 344. The lowest BCUT2D eigenvalue weighted by atomic mass is 9.92. The summed E-state index contributed by atoms with van der Waals surface area (Å²) >= 11 is 0. The maximum atomic E-state index is 11.6. The molecule has 0 saturated heterocycles. The normalized spacial score (nSPS) is 10.1. The van der Waals surface area contributed by atoms with Crippen LogP contribution in [0.1, 0.15) is 68.2 Å². The molecule has 0 fully saturated rings. The van der Waals surface area contributed by atoms with Gasteiger partial charge in [-0.3, -0.25) is 9.59 Å². The van der Waals surface area contributed by atoms with Crippen molar-refractivity contribution >= 4 is 11.8 Å². The summed E-state index contributed by atoms with van der Waals surface area (Å²) in [6, 6.07) is 0. The molecule has 0 aliphatic carbocycles. The summed E-state index contributed by atoms with van der Waals surface area (Å²) in [7, 11) is 0. The van der Waals surface area contributed by atoms with Crippen LogP contribution >= 0.6 is 0 Å². The number of rotatable bonds is 14. The van der Waals surface area contributed by atoms with Gasteiger partial charge >= 0.3 is 0 Å². The first-order valence-electron chi connectivity index (χ1n) is 10.6. The van der Waals surface area contributed by atoms with Crippen LogP contribution < -0.4 is 10.6 Å². The Morgan fingerprint density at radius 1 is 0.679 bits per heavy atom. The van der Waals surface area contributed by atoms with Crippen molar-refractivity contribution < 1.29 is 23.8 Å². The van der Waals surface area contributed by atoms with Crippen molar-refractivity contribution in [2.24, 2.45) is 5.41 Å². The summed E-state index contributed by atoms with van der Waals surface area (Å²) in [6.07, 6.45) is 1.00. The standard InChI is InChI=1S/C17H34N2O5.2C2H6/c1-5-15(20)18-6-8-22-10-12-24-13-11-23-9-7-19-16(21)14-17(2,3)4;2*1-2/h5-14H2,1-4H3,(H,18,20)(H,19,21);2*1-2H3. The number of hydrogen-bond acceptors (Lipinski definition) is 5. The van der Waals surface area contributed by atoms with Gasteiger partial charge < -0.3 is 24.8 Å². The lowest BCUT2D eigenvalue weighted by Gasteiger charge is -2.17. The number of carbonyl (C=O) groups excluding carboxylic acids is 2. The van der Waals surface area contributed by atoms with Gasteiger partial charge in [-0.2, -0.15) is 0 Å². The third kappa shape index (κ3) is 29.6. The van der Waals surface area contributed by atoms with Gasteiger partial charge in [-0.1, -0.05) is 55.4 Å². The Labute approximate surface area is 173 Å². The maximum Gasteiger partial charge on any atom is 0.220 e. The van der Waals surface area contributed by atoms with E-state index >= 15 is 0 Å². The van der Waals surface area contributed by atoms with E-state index < -0.39 is 0 Å². The average Bonchev–Trinajstić information content (AvgIpc) is 2.67. The fourth-order valence-corrected chi connectivity index (χ4v) is 1.74. The van der Waals surface area contributed by atoms with E-state index in [1.54, 1.807) is 0 Å². The van der Waals surface area contributed by atoms with Crippen LogP contribution in [0, 0.1) is 5.41 Å². The number of hydrogen-bond donors (Lipinski definition) is 2. The molecule has 0 aromatic heterocycles. The molecule has 0 atom stereocenters. The van der Waals surface area contributed by atoms with E-state index in [2.05, 4.69) is 10.6 Å². The third-order valence-corrected chi connectivity index (χ3v) is 2.89. The highest BCUT2D eigenvalue weighted by molar-refractivity contribution is 5.76. The van der Waals surface area contributed by atoms with Crippen molar-refractivity contribution in [1.82, 2.24) is 10.6 Å². The molecule has 2 amide bonds. The fraction of sp³-hybridized carbons (Fsp3) is 0.905. The van der Waals surface area contributed by atoms with Gasteiger partial charge in [0.15, 0.2) is 0 Å². The largest absolute Gasteiger partial charge is 0.377 e. The molecule has 0 bridgehead atoms. The van der Waals surface area contributed by atoms with Crippen molar-refractivity contribution in [1.29, 1.82) is 0 Å². The molecule has 0 aliphatic rings. The molecule has 170 valence electrons. The van der Waals surface area contributed by atoms with Crippen molar-refractivity contribution in [2.75, 3.05) is 52.7 Å². The zero-order chi connectivity index (χ0) is 22.3. The van der Waals surface area contributed by atoms with Crippen molar-refractivity contribution in [3.8, 4) is 0 Å². The summed E-state index contributed by atoms with van der Waals surface area (Å²) in [5, 5.41) is 5.56. The lowest BCUT2D eigenvalue weighted by molar-refractivity contribution is -0.123. The molecule has 0 aliphatic heterocycles. The minimum absolute atomic E-state index is 0.00243. The zero-order valence-electron chi connectivity index (χ0n) is 19.6. The molecule has 2 N–H and O–H groups in total. The summed E-state index contributed by atoms with van der Waals surface area (Å²) in [5.41, 5.74) is 0.00243. The van der Waals surface area contributed by atoms with Gasteiger partial charge in [-0.25, -0.2) is 0 Å². The predicted molar refractivity (Wildman–Crippen MR) is 116 cm³/mol. The van der Waals surface area contributed by atoms with Gasteiger partial charge in [-0.05, 0) is 5.41 Å². The van der Waals surface area contributed by atoms with Crippen LogP contribution in [0.25, 0.3) is 0 Å². The second-order valence-electron chi connectivity index (χ2n) is 6.63. The van der Waals surface area contributed by atoms with E-state index in [9.17, 15) is 9.59 Å². The van der Waals surface area contributed by atoms with E-state index in [0.29, 0.717) is 65.6 Å². The van der Waals surface area contributed by atoms with Gasteiger partial charge in [0.25, 0.3) is 0 Å². The predicted octanol–water partition coefficient (Wildman–Crippen LogP) is 3.17. The van der Waals surface area contributed by atoms with Gasteiger partial charge in [0.05, 0.1) is 39.6 Å². The summed E-state index contributed by atoms with van der Waals surface area (Å²) < 4.78 is 16.0. The van der Waals surface area contributed by atoms with E-state index in [1.807, 2.05) is 55.4 Å². The molecule has 0 heterocycles. The Morgan fingerprint density at radius 3 is 1.39 bits per heavy atom. The SMILES string of the molecule is CC.CC.CCC(=O)NCCOCCOCCOCCNC(=O)CC(C)(C)C. The zero-order valence-corrected chi connectivity index (χ0v) is 19.6. The number of carbonyl (C=O) groups is 2. The third-order valence-electron chi connectivity index (χ3n) is 2.89. The van der Waals surface area contributed by atoms with E-state index in [4.69, 9.17) is 14.2 Å². The highest BCUT2D eigenvalue weighted by Crippen LogP contribution is 2.17. The second-order valence-corrected chi connectivity index (χ2v) is 6.63. The monoisotopic (exact) mass is 406 g/mol. The Balaban J connectivity index is -0.00000146. The smallest absolute Gasteiger partial charge is 0.220 e. The quantitative estimate of drug-likeness (QED) is 0.433. The molecular weight excluding hydrogens is 360 g/mol. The Hall–Kier alpha value is -1.18. The van der Waals surface area contributed by atoms with E-state index in [-0.39, 0.29) is 17.2 Å². The summed E-state index contributed by atoms with van der Waals surface area (Å²) in [5.74, 6) is 0.0798. The highest BCUT2D eigenvalue weighted by Gasteiger charge is 2.15. The molecule has 0 rings (SSSR count). The molecule has 0 spiro atoms. The summed E-state index contributed by atoms with van der Waals surface area (Å²) in [6.45, 7) is 19.9. The average molecular weight is 407 g/mol. The highest BCUT2D eigenvalue weighted by atomic mass is 16.5. The van der Waals surface area contributed by atoms with Crippen LogP contribution in [0.3, 0.4) is 0 Å². The van der Waals surface area contributed by atoms with Crippen LogP contribution in [0.2, 0.25) is 0 Å². The minimum Gasteiger partial charge on any atom is -0.377 e. The van der Waals surface area contributed by atoms with Crippen molar-refractivity contribution in [3.63, 3.8) is 0 Å². The van der Waals surface area contributed by atoms with Crippen LogP contribution in [-0.4, -0.2) is 64.5 Å². The van der Waals surface area contributed by atoms with Crippen LogP contribution in [0.4, 0.5) is 0 Å². The molecule has 0 unspecified atom stereocenters. The molecule has 0 saturated carbocycles. The number of ether oxygens (including phenoxy) is 3. The second kappa shape index (κ2) is 23.9. The Kier molecular flexibility index (Phi) is 26.9. The first kappa shape index (κ1) is 31.5. The molecule has 0 radical (unpaired) electrons. The number of amides is 2. The molecule has 28 heavy (non-hydrogen) atoms. The fourth-order valence-electron chi connectivity index (χ4n) is 1.74. The van der Waals surface area contributed by atoms with Crippen molar-refractivity contribution in [2.45, 2.75) is 68.2 Å². The van der Waals surface area contributed by atoms with E-state index in [1.165, 1.54) is 0 Å². The molecular formula is C21H46N2O5. The van der Waals surface area contributed by atoms with Crippen LogP contribution in [0.5, 0.6) is 0 Å². The molecule has 7 nitrogen and oxygen atoms in total. The van der Waals surface area contributed by atoms with Crippen LogP contribution in [0.15, 0.2) is 0 Å². The lowest BCUT2D eigenvalue weighted by Crippen LogP contribution is -2.30. The van der Waals surface area contributed by atoms with Gasteiger partial charge in [0.1, 0.15) is 0 Å². The topological polar surface area (TPSA) is 85.9 Å². The van der Waals surface area contributed by atoms with E-state index in [0.717, 1.165) is 0 Å². The van der Waals surface area contributed by atoms with Crippen LogP contribution in [-0.2, 0) is 23.8 Å². The minimum atomic E-state index is 0.00243. The first-order valence-corrected chi connectivity index (χ1v) is 10.6. The maximum absolute atomic E-state index is 11.6. The molecule has 7 heteroatoms. The van der Waals surface area contributed by atoms with Crippen molar-refractivity contribution in [3.05, 3.63) is 0 Å². The first-order chi connectivity index (χ1) is 13.3. The summed E-state index contributed by atoms with van der Waals surface area (Å²) in [4.78, 5) is 22.5. The Morgan fingerprint density at radius 2 is 1.04 bits per heavy atom. The molecule has 0 aromatic rings. The number of nitrogens with one attached hydrogen (secondary N) is 2. The van der Waals surface area contributed by atoms with Gasteiger partial charge in [-0.15, -0.1) is 0 Å². The van der Waals surface area contributed by atoms with Gasteiger partial charge in [0.2, 0.25) is 11.8 Å². The molecule has 0 aromatic carbocycles.